The second-order valence-electron chi connectivity index (χ2n) is 5.70. The van der Waals surface area contributed by atoms with Crippen LogP contribution in [-0.2, 0) is 4.79 Å². The van der Waals surface area contributed by atoms with Crippen LogP contribution in [0, 0.1) is 5.82 Å². The van der Waals surface area contributed by atoms with Crippen LogP contribution in [0.5, 0.6) is 5.75 Å². The van der Waals surface area contributed by atoms with Crippen molar-refractivity contribution in [2.75, 3.05) is 13.7 Å². The Bertz CT molecular complexity index is 781. The average molecular weight is 379 g/mol. The van der Waals surface area contributed by atoms with Crippen molar-refractivity contribution in [2.24, 2.45) is 0 Å². The van der Waals surface area contributed by atoms with Gasteiger partial charge >= 0.3 is 0 Å². The van der Waals surface area contributed by atoms with E-state index in [1.165, 1.54) is 19.2 Å². The molecule has 2 aromatic carbocycles. The van der Waals surface area contributed by atoms with E-state index in [-0.39, 0.29) is 36.6 Å². The number of nitrogens with one attached hydrogen (secondary N) is 2. The predicted molar refractivity (Wildman–Crippen MR) is 97.9 cm³/mol. The Morgan fingerprint density at radius 2 is 1.88 bits per heavy atom. The number of carbonyl (C=O) groups excluding carboxylic acids is 2. The highest BCUT2D eigenvalue weighted by molar-refractivity contribution is 6.30. The highest BCUT2D eigenvalue weighted by atomic mass is 35.5. The van der Waals surface area contributed by atoms with Gasteiger partial charge in [0.15, 0.2) is 11.6 Å². The molecule has 0 saturated carbocycles. The second kappa shape index (κ2) is 9.20. The molecule has 0 radical (unpaired) electrons. The van der Waals surface area contributed by atoms with Crippen molar-refractivity contribution in [1.29, 1.82) is 0 Å². The Morgan fingerprint density at radius 1 is 1.19 bits per heavy atom. The van der Waals surface area contributed by atoms with Crippen LogP contribution in [0.4, 0.5) is 4.39 Å². The van der Waals surface area contributed by atoms with Crippen molar-refractivity contribution in [3.63, 3.8) is 0 Å². The number of carbonyl (C=O) groups is 2. The largest absolute Gasteiger partial charge is 0.494 e. The summed E-state index contributed by atoms with van der Waals surface area (Å²) in [5.74, 6) is -0.858. The fourth-order valence-electron chi connectivity index (χ4n) is 2.34. The Labute approximate surface area is 156 Å². The number of hydrogen-bond acceptors (Lipinski definition) is 3. The number of methoxy groups -OCH3 is 1. The summed E-state index contributed by atoms with van der Waals surface area (Å²) in [6, 6.07) is 10.6. The maximum atomic E-state index is 13.7. The number of rotatable bonds is 7. The predicted octanol–water partition coefficient (Wildman–Crippen LogP) is 3.49. The summed E-state index contributed by atoms with van der Waals surface area (Å²) in [6.45, 7) is 1.95. The lowest BCUT2D eigenvalue weighted by atomic mass is 10.1. The molecule has 0 aliphatic carbocycles. The summed E-state index contributed by atoms with van der Waals surface area (Å²) in [5.41, 5.74) is 1.10. The molecule has 5 nitrogen and oxygen atoms in total. The topological polar surface area (TPSA) is 67.4 Å². The van der Waals surface area contributed by atoms with Crippen LogP contribution in [0.2, 0.25) is 5.02 Å². The summed E-state index contributed by atoms with van der Waals surface area (Å²) in [4.78, 5) is 23.9. The lowest BCUT2D eigenvalue weighted by Gasteiger charge is -2.15. The first kappa shape index (κ1) is 19.7. The van der Waals surface area contributed by atoms with Gasteiger partial charge in [-0.1, -0.05) is 17.7 Å². The van der Waals surface area contributed by atoms with E-state index in [2.05, 4.69) is 10.6 Å². The van der Waals surface area contributed by atoms with Crippen molar-refractivity contribution >= 4 is 23.4 Å². The third kappa shape index (κ3) is 5.46. The van der Waals surface area contributed by atoms with Crippen molar-refractivity contribution in [3.8, 4) is 5.75 Å². The summed E-state index contributed by atoms with van der Waals surface area (Å²) in [6.07, 6.45) is 0.113. The van der Waals surface area contributed by atoms with Crippen LogP contribution >= 0.6 is 11.6 Å². The zero-order chi connectivity index (χ0) is 19.1. The maximum absolute atomic E-state index is 13.7. The van der Waals surface area contributed by atoms with Gasteiger partial charge in [0.05, 0.1) is 13.2 Å². The van der Waals surface area contributed by atoms with Crippen molar-refractivity contribution in [2.45, 2.75) is 19.4 Å². The quantitative estimate of drug-likeness (QED) is 0.775. The zero-order valence-corrected chi connectivity index (χ0v) is 15.3. The third-order valence-electron chi connectivity index (χ3n) is 3.80. The van der Waals surface area contributed by atoms with E-state index in [0.717, 1.165) is 0 Å². The van der Waals surface area contributed by atoms with Gasteiger partial charge in [-0.25, -0.2) is 4.39 Å². The van der Waals surface area contributed by atoms with Crippen molar-refractivity contribution < 1.29 is 18.7 Å². The van der Waals surface area contributed by atoms with Gasteiger partial charge in [-0.15, -0.1) is 0 Å². The smallest absolute Gasteiger partial charge is 0.251 e. The fraction of sp³-hybridized carbons (Fsp3) is 0.263. The minimum absolute atomic E-state index is 0.113. The maximum Gasteiger partial charge on any atom is 0.251 e. The normalized spacial score (nSPS) is 11.5. The number of halogens is 2. The van der Waals surface area contributed by atoms with Crippen LogP contribution in [0.1, 0.15) is 35.3 Å². The number of benzene rings is 2. The standard InChI is InChI=1S/C19H20ClFN2O3/c1-12(14-5-8-17(26-2)16(21)11-14)23-18(24)9-10-22-19(25)13-3-6-15(20)7-4-13/h3-8,11-12H,9-10H2,1-2H3,(H,22,25)(H,23,24)/t12-/m1/s1. The van der Waals surface area contributed by atoms with Gasteiger partial charge in [0.1, 0.15) is 0 Å². The molecule has 0 heterocycles. The molecule has 0 aliphatic heterocycles. The van der Waals surface area contributed by atoms with Crippen LogP contribution in [0.15, 0.2) is 42.5 Å². The van der Waals surface area contributed by atoms with Gasteiger partial charge in [-0.05, 0) is 48.9 Å². The molecule has 0 saturated heterocycles. The van der Waals surface area contributed by atoms with Gasteiger partial charge in [-0.2, -0.15) is 0 Å². The van der Waals surface area contributed by atoms with E-state index in [4.69, 9.17) is 16.3 Å². The van der Waals surface area contributed by atoms with Gasteiger partial charge in [0.25, 0.3) is 5.91 Å². The molecular weight excluding hydrogens is 359 g/mol. The Balaban J connectivity index is 1.80. The van der Waals surface area contributed by atoms with Gasteiger partial charge in [-0.3, -0.25) is 9.59 Å². The molecule has 2 rings (SSSR count). The van der Waals surface area contributed by atoms with E-state index in [1.54, 1.807) is 37.3 Å². The summed E-state index contributed by atoms with van der Waals surface area (Å²) in [7, 11) is 1.39. The van der Waals surface area contributed by atoms with Gasteiger partial charge in [0.2, 0.25) is 5.91 Å². The highest BCUT2D eigenvalue weighted by Gasteiger charge is 2.13. The monoisotopic (exact) mass is 378 g/mol. The molecule has 0 unspecified atom stereocenters. The Hall–Kier alpha value is -2.60. The fourth-order valence-corrected chi connectivity index (χ4v) is 2.47. The van der Waals surface area contributed by atoms with E-state index in [1.807, 2.05) is 0 Å². The molecule has 2 N–H and O–H groups in total. The van der Waals surface area contributed by atoms with E-state index < -0.39 is 5.82 Å². The van der Waals surface area contributed by atoms with E-state index >= 15 is 0 Å². The summed E-state index contributed by atoms with van der Waals surface area (Å²) < 4.78 is 18.6. The van der Waals surface area contributed by atoms with Gasteiger partial charge in [0, 0.05) is 23.6 Å². The molecule has 0 fully saturated rings. The lowest BCUT2D eigenvalue weighted by molar-refractivity contribution is -0.121. The van der Waals surface area contributed by atoms with Crippen LogP contribution in [0.3, 0.4) is 0 Å². The Kier molecular flexibility index (Phi) is 6.97. The first-order valence-electron chi connectivity index (χ1n) is 8.07. The van der Waals surface area contributed by atoms with E-state index in [9.17, 15) is 14.0 Å². The van der Waals surface area contributed by atoms with Crippen LogP contribution < -0.4 is 15.4 Å². The molecular formula is C19H20ClFN2O3. The Morgan fingerprint density at radius 3 is 2.50 bits per heavy atom. The number of ether oxygens (including phenoxy) is 1. The molecule has 0 bridgehead atoms. The lowest BCUT2D eigenvalue weighted by Crippen LogP contribution is -2.32. The second-order valence-corrected chi connectivity index (χ2v) is 6.13. The first-order valence-corrected chi connectivity index (χ1v) is 8.45. The van der Waals surface area contributed by atoms with Crippen molar-refractivity contribution in [3.05, 3.63) is 64.4 Å². The minimum atomic E-state index is -0.485. The van der Waals surface area contributed by atoms with Crippen LogP contribution in [0.25, 0.3) is 0 Å². The molecule has 2 aromatic rings. The van der Waals surface area contributed by atoms with Crippen molar-refractivity contribution in [1.82, 2.24) is 10.6 Å². The molecule has 1 atom stereocenters. The molecule has 26 heavy (non-hydrogen) atoms. The summed E-state index contributed by atoms with van der Waals surface area (Å²) >= 11 is 5.77. The average Bonchev–Trinajstić information content (AvgIpc) is 2.62. The van der Waals surface area contributed by atoms with Gasteiger partial charge < -0.3 is 15.4 Å². The molecule has 0 spiro atoms. The van der Waals surface area contributed by atoms with E-state index in [0.29, 0.717) is 16.1 Å². The minimum Gasteiger partial charge on any atom is -0.494 e. The molecule has 2 amide bonds. The zero-order valence-electron chi connectivity index (χ0n) is 14.5. The summed E-state index contributed by atoms with van der Waals surface area (Å²) in [5, 5.41) is 5.98. The number of hydrogen-bond donors (Lipinski definition) is 2. The van der Waals surface area contributed by atoms with Crippen LogP contribution in [-0.4, -0.2) is 25.5 Å². The number of amides is 2. The molecule has 138 valence electrons. The molecule has 0 aromatic heterocycles. The first-order chi connectivity index (χ1) is 12.4. The molecule has 7 heteroatoms. The molecule has 0 aliphatic rings. The third-order valence-corrected chi connectivity index (χ3v) is 4.05. The SMILES string of the molecule is COc1ccc([C@@H](C)NC(=O)CCNC(=O)c2ccc(Cl)cc2)cc1F. The highest BCUT2D eigenvalue weighted by Crippen LogP contribution is 2.21.